The molecule has 7 N–H and O–H groups in total. The van der Waals surface area contributed by atoms with Crippen LogP contribution in [0.25, 0.3) is 0 Å². The topological polar surface area (TPSA) is 213 Å². The number of carbonyl (C=O) groups is 2. The summed E-state index contributed by atoms with van der Waals surface area (Å²) in [6.45, 7) is 6.36. The Hall–Kier alpha value is -1.42. The average Bonchev–Trinajstić information content (AvgIpc) is 3.23. The summed E-state index contributed by atoms with van der Waals surface area (Å²) >= 11 is 0. The minimum Gasteiger partial charge on any atom is -0.463 e. The zero-order valence-electron chi connectivity index (χ0n) is 37.7. The lowest BCUT2D eigenvalue weighted by molar-refractivity contribution is -0.340. The largest absolute Gasteiger partial charge is 0.463 e. The number of carbonyl (C=O) groups excluding carboxylic acids is 2. The van der Waals surface area contributed by atoms with E-state index >= 15 is 0 Å². The second-order valence-electron chi connectivity index (χ2n) is 18.0. The molecule has 10 atom stereocenters. The molecule has 0 spiro atoms. The standard InChI is InChI=1S/C47H88O13/c1-4-6-8-10-12-13-14-15-16-17-18-19-23-28-32-37(49)59-45-35(58-47(44(56)43(45)55)60-46-41(53)39(51)38(50)40(52)42(46)54)33-57-36(48)31-27-24-20-22-26-30-34(3)29-25-21-11-9-7-5-2/h34-35,38-47,50-56H,4-33H2,1-3H3. The molecule has 10 unspecified atom stereocenters. The molecular formula is C47H88O13. The van der Waals surface area contributed by atoms with Gasteiger partial charge in [0.2, 0.25) is 0 Å². The molecule has 0 amide bonds. The average molecular weight is 861 g/mol. The molecule has 60 heavy (non-hydrogen) atoms. The van der Waals surface area contributed by atoms with Crippen LogP contribution < -0.4 is 0 Å². The first-order valence-corrected chi connectivity index (χ1v) is 24.3. The van der Waals surface area contributed by atoms with Gasteiger partial charge in [0.05, 0.1) is 0 Å². The third-order valence-corrected chi connectivity index (χ3v) is 12.5. The maximum absolute atomic E-state index is 13.0. The van der Waals surface area contributed by atoms with Gasteiger partial charge < -0.3 is 54.7 Å². The summed E-state index contributed by atoms with van der Waals surface area (Å²) in [5, 5.41) is 73.5. The van der Waals surface area contributed by atoms with E-state index in [4.69, 9.17) is 18.9 Å². The third-order valence-electron chi connectivity index (χ3n) is 12.5. The van der Waals surface area contributed by atoms with E-state index < -0.39 is 85.9 Å². The van der Waals surface area contributed by atoms with Gasteiger partial charge in [0, 0.05) is 12.8 Å². The fraction of sp³-hybridized carbons (Fsp3) is 0.957. The molecule has 1 heterocycles. The van der Waals surface area contributed by atoms with E-state index in [0.29, 0.717) is 12.8 Å². The third kappa shape index (κ3) is 21.8. The van der Waals surface area contributed by atoms with Crippen LogP contribution in [0.4, 0.5) is 0 Å². The summed E-state index contributed by atoms with van der Waals surface area (Å²) in [6, 6.07) is 0. The summed E-state index contributed by atoms with van der Waals surface area (Å²) in [5.41, 5.74) is 0. The van der Waals surface area contributed by atoms with Crippen molar-refractivity contribution in [1.29, 1.82) is 0 Å². The van der Waals surface area contributed by atoms with Crippen molar-refractivity contribution in [3.05, 3.63) is 0 Å². The molecule has 0 aromatic heterocycles. The van der Waals surface area contributed by atoms with E-state index in [1.165, 1.54) is 122 Å². The molecular weight excluding hydrogens is 773 g/mol. The van der Waals surface area contributed by atoms with Gasteiger partial charge in [-0.05, 0) is 18.8 Å². The van der Waals surface area contributed by atoms with Crippen molar-refractivity contribution in [2.24, 2.45) is 5.92 Å². The van der Waals surface area contributed by atoms with Crippen molar-refractivity contribution < 1.29 is 64.3 Å². The highest BCUT2D eigenvalue weighted by Crippen LogP contribution is 2.31. The molecule has 1 aliphatic heterocycles. The molecule has 0 bridgehead atoms. The van der Waals surface area contributed by atoms with Crippen molar-refractivity contribution in [2.45, 2.75) is 274 Å². The highest BCUT2D eigenvalue weighted by atomic mass is 16.7. The number of rotatable bonds is 35. The van der Waals surface area contributed by atoms with Crippen molar-refractivity contribution in [3.8, 4) is 0 Å². The van der Waals surface area contributed by atoms with Gasteiger partial charge in [0.25, 0.3) is 0 Å². The zero-order chi connectivity index (χ0) is 44.1. The molecule has 1 aliphatic carbocycles. The Balaban J connectivity index is 1.81. The summed E-state index contributed by atoms with van der Waals surface area (Å²) in [4.78, 5) is 25.8. The van der Waals surface area contributed by atoms with Gasteiger partial charge in [-0.3, -0.25) is 9.59 Å². The molecule has 1 saturated carbocycles. The van der Waals surface area contributed by atoms with Crippen LogP contribution in [0.2, 0.25) is 0 Å². The molecule has 2 fully saturated rings. The molecule has 2 aliphatic rings. The Morgan fingerprint density at radius 1 is 0.467 bits per heavy atom. The highest BCUT2D eigenvalue weighted by molar-refractivity contribution is 5.70. The van der Waals surface area contributed by atoms with E-state index in [2.05, 4.69) is 20.8 Å². The molecule has 0 radical (unpaired) electrons. The van der Waals surface area contributed by atoms with Gasteiger partial charge in [-0.1, -0.05) is 181 Å². The molecule has 2 rings (SSSR count). The lowest BCUT2D eigenvalue weighted by atomic mass is 9.84. The first-order chi connectivity index (χ1) is 28.9. The van der Waals surface area contributed by atoms with Gasteiger partial charge in [0.15, 0.2) is 12.4 Å². The number of hydrogen-bond acceptors (Lipinski definition) is 13. The lowest BCUT2D eigenvalue weighted by Gasteiger charge is -2.46. The number of ether oxygens (including phenoxy) is 4. The van der Waals surface area contributed by atoms with Crippen LogP contribution in [0.5, 0.6) is 0 Å². The lowest BCUT2D eigenvalue weighted by Crippen LogP contribution is -2.67. The van der Waals surface area contributed by atoms with Crippen LogP contribution in [0.3, 0.4) is 0 Å². The van der Waals surface area contributed by atoms with Gasteiger partial charge in [-0.15, -0.1) is 0 Å². The number of unbranched alkanes of at least 4 members (excludes halogenated alkanes) is 22. The summed E-state index contributed by atoms with van der Waals surface area (Å²) in [6.07, 6.45) is 12.5. The number of aliphatic hydroxyl groups is 7. The van der Waals surface area contributed by atoms with E-state index in [1.54, 1.807) is 0 Å². The van der Waals surface area contributed by atoms with E-state index in [1.807, 2.05) is 0 Å². The van der Waals surface area contributed by atoms with Crippen molar-refractivity contribution >= 4 is 11.9 Å². The smallest absolute Gasteiger partial charge is 0.306 e. The fourth-order valence-corrected chi connectivity index (χ4v) is 8.44. The van der Waals surface area contributed by atoms with Crippen molar-refractivity contribution in [2.75, 3.05) is 6.61 Å². The first-order valence-electron chi connectivity index (χ1n) is 24.3. The Kier molecular flexibility index (Phi) is 30.2. The molecule has 1 saturated heterocycles. The van der Waals surface area contributed by atoms with Gasteiger partial charge in [0.1, 0.15) is 61.5 Å². The maximum atomic E-state index is 13.0. The SMILES string of the molecule is CCCCCCCCCCCCCCCCC(=O)OC1C(COC(=O)CCCCCCCC(C)CCCCCCCC)OC(OC2C(O)C(O)C(O)C(O)C2O)C(O)C1O. The second-order valence-corrected chi connectivity index (χ2v) is 18.0. The second kappa shape index (κ2) is 33.1. The van der Waals surface area contributed by atoms with Gasteiger partial charge in [-0.25, -0.2) is 0 Å². The Morgan fingerprint density at radius 3 is 1.28 bits per heavy atom. The zero-order valence-corrected chi connectivity index (χ0v) is 37.7. The van der Waals surface area contributed by atoms with Crippen LogP contribution in [0.15, 0.2) is 0 Å². The number of hydrogen-bond donors (Lipinski definition) is 7. The quantitative estimate of drug-likeness (QED) is 0.0251. The Morgan fingerprint density at radius 2 is 0.833 bits per heavy atom. The van der Waals surface area contributed by atoms with Crippen molar-refractivity contribution in [1.82, 2.24) is 0 Å². The summed E-state index contributed by atoms with van der Waals surface area (Å²) in [5.74, 6) is -0.386. The number of aliphatic hydroxyl groups excluding tert-OH is 7. The van der Waals surface area contributed by atoms with E-state index in [0.717, 1.165) is 44.4 Å². The van der Waals surface area contributed by atoms with Crippen LogP contribution in [0.1, 0.15) is 207 Å². The normalized spacial score (nSPS) is 28.7. The van der Waals surface area contributed by atoms with E-state index in [9.17, 15) is 45.3 Å². The number of esters is 2. The van der Waals surface area contributed by atoms with Crippen LogP contribution >= 0.6 is 0 Å². The first kappa shape index (κ1) is 54.7. The van der Waals surface area contributed by atoms with Crippen LogP contribution in [0, 0.1) is 5.92 Å². The molecule has 13 heteroatoms. The molecule has 13 nitrogen and oxygen atoms in total. The Bertz CT molecular complexity index is 1060. The molecule has 354 valence electrons. The van der Waals surface area contributed by atoms with Crippen molar-refractivity contribution in [3.63, 3.8) is 0 Å². The summed E-state index contributed by atoms with van der Waals surface area (Å²) in [7, 11) is 0. The van der Waals surface area contributed by atoms with Gasteiger partial charge in [-0.2, -0.15) is 0 Å². The minimum atomic E-state index is -1.89. The predicted molar refractivity (Wildman–Crippen MR) is 231 cm³/mol. The summed E-state index contributed by atoms with van der Waals surface area (Å²) < 4.78 is 22.6. The van der Waals surface area contributed by atoms with Crippen LogP contribution in [-0.2, 0) is 28.5 Å². The van der Waals surface area contributed by atoms with Gasteiger partial charge >= 0.3 is 11.9 Å². The minimum absolute atomic E-state index is 0.0837. The fourth-order valence-electron chi connectivity index (χ4n) is 8.44. The highest BCUT2D eigenvalue weighted by Gasteiger charge is 2.53. The Labute approximate surface area is 362 Å². The predicted octanol–water partition coefficient (Wildman–Crippen LogP) is 7.08. The van der Waals surface area contributed by atoms with Crippen LogP contribution in [-0.4, -0.2) is 122 Å². The monoisotopic (exact) mass is 861 g/mol. The molecule has 0 aromatic carbocycles. The maximum Gasteiger partial charge on any atom is 0.306 e. The molecule has 0 aromatic rings. The van der Waals surface area contributed by atoms with E-state index in [-0.39, 0.29) is 12.8 Å².